The first-order valence-electron chi connectivity index (χ1n) is 13.0. The van der Waals surface area contributed by atoms with Crippen molar-refractivity contribution in [3.05, 3.63) is 113 Å². The van der Waals surface area contributed by atoms with Crippen LogP contribution < -0.4 is 10.6 Å². The predicted octanol–water partition coefficient (Wildman–Crippen LogP) is 4.65. The summed E-state index contributed by atoms with van der Waals surface area (Å²) in [6.07, 6.45) is 0.625. The molecule has 6 heteroatoms. The van der Waals surface area contributed by atoms with E-state index in [0.29, 0.717) is 36.2 Å². The van der Waals surface area contributed by atoms with Gasteiger partial charge in [-0.2, -0.15) is 0 Å². The first-order chi connectivity index (χ1) is 18.3. The Morgan fingerprint density at radius 1 is 0.921 bits per heavy atom. The minimum atomic E-state index is -0.793. The Labute approximate surface area is 224 Å². The molecule has 38 heavy (non-hydrogen) atoms. The molecule has 6 nitrogen and oxygen atoms in total. The highest BCUT2D eigenvalue weighted by atomic mass is 16.3. The van der Waals surface area contributed by atoms with E-state index in [0.717, 1.165) is 12.0 Å². The van der Waals surface area contributed by atoms with Gasteiger partial charge in [0.2, 0.25) is 0 Å². The SMILES string of the molecule is CC(C)(Cc1cccc(C(=O)NCCc2cccc3ccccc23)c1)NC[C@@H](O)c1ccc(O)c(CO)c1. The molecule has 0 spiro atoms. The van der Waals surface area contributed by atoms with Gasteiger partial charge in [0.1, 0.15) is 5.75 Å². The van der Waals surface area contributed by atoms with Crippen molar-refractivity contribution in [2.75, 3.05) is 13.1 Å². The van der Waals surface area contributed by atoms with Crippen LogP contribution in [-0.4, -0.2) is 39.9 Å². The van der Waals surface area contributed by atoms with Crippen molar-refractivity contribution >= 4 is 16.7 Å². The van der Waals surface area contributed by atoms with Gasteiger partial charge in [-0.15, -0.1) is 0 Å². The molecule has 0 aliphatic rings. The lowest BCUT2D eigenvalue weighted by Crippen LogP contribution is -2.43. The number of carbonyl (C=O) groups excluding carboxylic acids is 1. The molecule has 0 radical (unpaired) electrons. The molecule has 4 aromatic rings. The molecule has 0 heterocycles. The second kappa shape index (κ2) is 12.2. The van der Waals surface area contributed by atoms with E-state index in [1.54, 1.807) is 12.1 Å². The molecule has 0 saturated carbocycles. The van der Waals surface area contributed by atoms with E-state index in [1.807, 2.05) is 50.2 Å². The molecular formula is C32H36N2O4. The first kappa shape index (κ1) is 27.3. The quantitative estimate of drug-likeness (QED) is 0.201. The molecular weight excluding hydrogens is 476 g/mol. The van der Waals surface area contributed by atoms with E-state index >= 15 is 0 Å². The average Bonchev–Trinajstić information content (AvgIpc) is 2.92. The lowest BCUT2D eigenvalue weighted by atomic mass is 9.93. The molecule has 1 amide bonds. The van der Waals surface area contributed by atoms with Crippen molar-refractivity contribution in [3.8, 4) is 5.75 Å². The number of amides is 1. The zero-order valence-corrected chi connectivity index (χ0v) is 21.9. The van der Waals surface area contributed by atoms with Crippen LogP contribution in [0.3, 0.4) is 0 Å². The van der Waals surface area contributed by atoms with Gasteiger partial charge >= 0.3 is 0 Å². The van der Waals surface area contributed by atoms with Gasteiger partial charge in [0, 0.05) is 29.8 Å². The second-order valence-electron chi connectivity index (χ2n) is 10.3. The number of benzene rings is 4. The summed E-state index contributed by atoms with van der Waals surface area (Å²) in [5.74, 6) is -0.0884. The van der Waals surface area contributed by atoms with Crippen LogP contribution in [-0.2, 0) is 19.4 Å². The van der Waals surface area contributed by atoms with Crippen LogP contribution in [0, 0.1) is 0 Å². The zero-order chi connectivity index (χ0) is 27.1. The van der Waals surface area contributed by atoms with Gasteiger partial charge < -0.3 is 26.0 Å². The monoisotopic (exact) mass is 512 g/mol. The van der Waals surface area contributed by atoms with Gasteiger partial charge in [0.15, 0.2) is 0 Å². The van der Waals surface area contributed by atoms with E-state index in [9.17, 15) is 20.1 Å². The maximum atomic E-state index is 12.9. The topological polar surface area (TPSA) is 102 Å². The van der Waals surface area contributed by atoms with Gasteiger partial charge in [-0.05, 0) is 78.4 Å². The third kappa shape index (κ3) is 6.98. The number of phenols is 1. The molecule has 0 aromatic heterocycles. The Kier molecular flexibility index (Phi) is 8.79. The van der Waals surface area contributed by atoms with E-state index in [1.165, 1.54) is 22.4 Å². The summed E-state index contributed by atoms with van der Waals surface area (Å²) in [7, 11) is 0. The Morgan fingerprint density at radius 2 is 1.68 bits per heavy atom. The molecule has 0 unspecified atom stereocenters. The normalized spacial score (nSPS) is 12.4. The van der Waals surface area contributed by atoms with Crippen LogP contribution >= 0.6 is 0 Å². The number of hydrogen-bond acceptors (Lipinski definition) is 5. The molecule has 0 bridgehead atoms. The molecule has 4 aromatic carbocycles. The Hall–Kier alpha value is -3.71. The van der Waals surface area contributed by atoms with Crippen molar-refractivity contribution in [1.29, 1.82) is 0 Å². The fourth-order valence-corrected chi connectivity index (χ4v) is 4.75. The molecule has 0 fully saturated rings. The van der Waals surface area contributed by atoms with E-state index < -0.39 is 6.10 Å². The van der Waals surface area contributed by atoms with Gasteiger partial charge in [-0.3, -0.25) is 4.79 Å². The number of nitrogens with one attached hydrogen (secondary N) is 2. The molecule has 4 rings (SSSR count). The van der Waals surface area contributed by atoms with Gasteiger partial charge in [-0.1, -0.05) is 60.7 Å². The third-order valence-corrected chi connectivity index (χ3v) is 6.83. The van der Waals surface area contributed by atoms with E-state index in [4.69, 9.17) is 0 Å². The summed E-state index contributed by atoms with van der Waals surface area (Å²) in [5, 5.41) is 38.6. The summed E-state index contributed by atoms with van der Waals surface area (Å²) < 4.78 is 0. The number of carbonyl (C=O) groups is 1. The summed E-state index contributed by atoms with van der Waals surface area (Å²) in [5.41, 5.74) is 3.52. The number of aliphatic hydroxyl groups is 2. The van der Waals surface area contributed by atoms with Crippen LogP contribution in [0.1, 0.15) is 52.6 Å². The number of β-amino-alcohol motifs (C(OH)–C–C–N with tert-alkyl or cyclic N) is 1. The van der Waals surface area contributed by atoms with Crippen LogP contribution in [0.2, 0.25) is 0 Å². The highest BCUT2D eigenvalue weighted by Crippen LogP contribution is 2.23. The molecule has 5 N–H and O–H groups in total. The van der Waals surface area contributed by atoms with E-state index in [-0.39, 0.29) is 23.8 Å². The summed E-state index contributed by atoms with van der Waals surface area (Å²) >= 11 is 0. The lowest BCUT2D eigenvalue weighted by molar-refractivity contribution is 0.0954. The Bertz CT molecular complexity index is 1390. The van der Waals surface area contributed by atoms with Crippen molar-refractivity contribution in [3.63, 3.8) is 0 Å². The number of hydrogen-bond donors (Lipinski definition) is 5. The number of fused-ring (bicyclic) bond motifs is 1. The maximum absolute atomic E-state index is 12.9. The fraction of sp³-hybridized carbons (Fsp3) is 0.281. The van der Waals surface area contributed by atoms with Crippen molar-refractivity contribution in [2.24, 2.45) is 0 Å². The van der Waals surface area contributed by atoms with Crippen molar-refractivity contribution in [1.82, 2.24) is 10.6 Å². The molecule has 0 aliphatic carbocycles. The van der Waals surface area contributed by atoms with Crippen molar-refractivity contribution in [2.45, 2.75) is 44.9 Å². The van der Waals surface area contributed by atoms with Crippen LogP contribution in [0.15, 0.2) is 84.9 Å². The zero-order valence-electron chi connectivity index (χ0n) is 21.9. The van der Waals surface area contributed by atoms with Crippen LogP contribution in [0.25, 0.3) is 10.8 Å². The number of rotatable bonds is 11. The van der Waals surface area contributed by atoms with Gasteiger partial charge in [-0.25, -0.2) is 0 Å². The Balaban J connectivity index is 1.31. The molecule has 0 saturated heterocycles. The predicted molar refractivity (Wildman–Crippen MR) is 151 cm³/mol. The number of aliphatic hydroxyl groups excluding tert-OH is 2. The minimum absolute atomic E-state index is 0.00854. The smallest absolute Gasteiger partial charge is 0.251 e. The molecule has 1 atom stereocenters. The van der Waals surface area contributed by atoms with E-state index in [2.05, 4.69) is 41.0 Å². The first-order valence-corrected chi connectivity index (χ1v) is 13.0. The Morgan fingerprint density at radius 3 is 2.50 bits per heavy atom. The van der Waals surface area contributed by atoms with Crippen LogP contribution in [0.4, 0.5) is 0 Å². The van der Waals surface area contributed by atoms with Gasteiger partial charge in [0.05, 0.1) is 12.7 Å². The highest BCUT2D eigenvalue weighted by molar-refractivity contribution is 5.94. The third-order valence-electron chi connectivity index (χ3n) is 6.83. The molecule has 198 valence electrons. The fourth-order valence-electron chi connectivity index (χ4n) is 4.75. The minimum Gasteiger partial charge on any atom is -0.508 e. The van der Waals surface area contributed by atoms with Crippen molar-refractivity contribution < 1.29 is 20.1 Å². The summed E-state index contributed by atoms with van der Waals surface area (Å²) in [4.78, 5) is 12.9. The van der Waals surface area contributed by atoms with Crippen LogP contribution in [0.5, 0.6) is 5.75 Å². The average molecular weight is 513 g/mol. The lowest BCUT2D eigenvalue weighted by Gasteiger charge is -2.28. The summed E-state index contributed by atoms with van der Waals surface area (Å²) in [6.45, 7) is 4.66. The largest absolute Gasteiger partial charge is 0.508 e. The second-order valence-corrected chi connectivity index (χ2v) is 10.3. The highest BCUT2D eigenvalue weighted by Gasteiger charge is 2.21. The molecule has 0 aliphatic heterocycles. The standard InChI is InChI=1S/C32H36N2O4/c1-32(2,34-20-30(37)25-13-14-29(36)27(18-25)21-35)19-22-7-5-11-26(17-22)31(38)33-16-15-24-10-6-9-23-8-3-4-12-28(23)24/h3-14,17-18,30,34-37H,15-16,19-21H2,1-2H3,(H,33,38)/t30-/m1/s1. The maximum Gasteiger partial charge on any atom is 0.251 e. The number of aromatic hydroxyl groups is 1. The van der Waals surface area contributed by atoms with Gasteiger partial charge in [0.25, 0.3) is 5.91 Å². The summed E-state index contributed by atoms with van der Waals surface area (Å²) in [6, 6.07) is 26.9.